The highest BCUT2D eigenvalue weighted by atomic mass is 16.4. The highest BCUT2D eigenvalue weighted by Gasteiger charge is 2.11. The fourth-order valence-electron chi connectivity index (χ4n) is 1.24. The Balaban J connectivity index is 2.50. The highest BCUT2D eigenvalue weighted by Crippen LogP contribution is 2.10. The van der Waals surface area contributed by atoms with Crippen molar-refractivity contribution in [3.05, 3.63) is 34.5 Å². The Morgan fingerprint density at radius 1 is 1.50 bits per heavy atom. The summed E-state index contributed by atoms with van der Waals surface area (Å²) in [5, 5.41) is 12.6. The lowest BCUT2D eigenvalue weighted by molar-refractivity contribution is 0.0694. The Morgan fingerprint density at radius 2 is 2.25 bits per heavy atom. The monoisotopic (exact) mass is 220 g/mol. The second kappa shape index (κ2) is 3.61. The Morgan fingerprint density at radius 3 is 2.75 bits per heavy atom. The van der Waals surface area contributed by atoms with Gasteiger partial charge in [-0.05, 0) is 0 Å². The molecule has 0 unspecified atom stereocenters. The van der Waals surface area contributed by atoms with Gasteiger partial charge in [0.05, 0.1) is 11.8 Å². The van der Waals surface area contributed by atoms with Gasteiger partial charge in [0.25, 0.3) is 5.56 Å². The van der Waals surface area contributed by atoms with Crippen LogP contribution in [0, 0.1) is 0 Å². The lowest BCUT2D eigenvalue weighted by Gasteiger charge is -1.97. The number of hydrogen-bond donors (Lipinski definition) is 2. The summed E-state index contributed by atoms with van der Waals surface area (Å²) in [6, 6.07) is 0. The smallest absolute Gasteiger partial charge is 0.342 e. The molecule has 0 aliphatic heterocycles. The Kier molecular flexibility index (Phi) is 2.28. The van der Waals surface area contributed by atoms with Crippen LogP contribution in [0.3, 0.4) is 0 Å². The van der Waals surface area contributed by atoms with Crippen molar-refractivity contribution in [2.24, 2.45) is 7.05 Å². The van der Waals surface area contributed by atoms with Gasteiger partial charge in [0, 0.05) is 19.4 Å². The highest BCUT2D eigenvalue weighted by molar-refractivity contribution is 5.86. The number of aromatic carboxylic acids is 1. The number of carboxylic acids is 1. The van der Waals surface area contributed by atoms with Crippen molar-refractivity contribution in [3.8, 4) is 11.4 Å². The number of aryl methyl sites for hydroxylation is 1. The standard InChI is InChI=1S/C9H8N4O3/c1-13-4-5(2-11-13)7-10-3-6(9(15)16)8(14)12-7/h2-4H,1H3,(H,15,16)(H,10,12,14). The number of nitrogens with one attached hydrogen (secondary N) is 1. The molecule has 2 N–H and O–H groups in total. The minimum absolute atomic E-state index is 0.295. The number of rotatable bonds is 2. The molecule has 7 heteroatoms. The van der Waals surface area contributed by atoms with Crippen molar-refractivity contribution in [2.45, 2.75) is 0 Å². The van der Waals surface area contributed by atoms with E-state index in [9.17, 15) is 9.59 Å². The molecule has 0 aliphatic carbocycles. The maximum Gasteiger partial charge on any atom is 0.342 e. The average Bonchev–Trinajstić information content (AvgIpc) is 2.64. The lowest BCUT2D eigenvalue weighted by Crippen LogP contribution is -2.18. The molecular weight excluding hydrogens is 212 g/mol. The number of hydrogen-bond acceptors (Lipinski definition) is 4. The largest absolute Gasteiger partial charge is 0.477 e. The van der Waals surface area contributed by atoms with Crippen LogP contribution in [-0.4, -0.2) is 30.8 Å². The molecule has 2 aromatic rings. The summed E-state index contributed by atoms with van der Waals surface area (Å²) in [4.78, 5) is 28.2. The molecule has 0 fully saturated rings. The van der Waals surface area contributed by atoms with E-state index in [4.69, 9.17) is 5.11 Å². The minimum Gasteiger partial charge on any atom is -0.477 e. The molecule has 0 aliphatic rings. The van der Waals surface area contributed by atoms with E-state index in [1.165, 1.54) is 6.20 Å². The van der Waals surface area contributed by atoms with E-state index in [-0.39, 0.29) is 5.56 Å². The summed E-state index contributed by atoms with van der Waals surface area (Å²) in [6.07, 6.45) is 4.22. The number of nitrogens with zero attached hydrogens (tertiary/aromatic N) is 3. The number of aromatic amines is 1. The molecule has 0 bridgehead atoms. The van der Waals surface area contributed by atoms with Gasteiger partial charge < -0.3 is 10.1 Å². The van der Waals surface area contributed by atoms with Gasteiger partial charge in [-0.1, -0.05) is 0 Å². The van der Waals surface area contributed by atoms with E-state index in [1.807, 2.05) is 0 Å². The predicted molar refractivity (Wildman–Crippen MR) is 54.0 cm³/mol. The first-order chi connectivity index (χ1) is 7.58. The van der Waals surface area contributed by atoms with E-state index in [0.29, 0.717) is 11.4 Å². The molecule has 0 aromatic carbocycles. The van der Waals surface area contributed by atoms with E-state index in [0.717, 1.165) is 6.20 Å². The molecule has 0 amide bonds. The van der Waals surface area contributed by atoms with E-state index in [1.54, 1.807) is 17.9 Å². The normalized spacial score (nSPS) is 10.3. The fourth-order valence-corrected chi connectivity index (χ4v) is 1.24. The van der Waals surface area contributed by atoms with Crippen LogP contribution in [0.5, 0.6) is 0 Å². The lowest BCUT2D eigenvalue weighted by atomic mass is 10.3. The first-order valence-corrected chi connectivity index (χ1v) is 4.39. The van der Waals surface area contributed by atoms with Crippen molar-refractivity contribution in [1.82, 2.24) is 19.7 Å². The summed E-state index contributed by atoms with van der Waals surface area (Å²) in [5.74, 6) is -1.01. The average molecular weight is 220 g/mol. The molecule has 2 heterocycles. The molecule has 2 aromatic heterocycles. The van der Waals surface area contributed by atoms with Gasteiger partial charge in [-0.15, -0.1) is 0 Å². The number of aromatic nitrogens is 4. The van der Waals surface area contributed by atoms with Crippen LogP contribution < -0.4 is 5.56 Å². The summed E-state index contributed by atoms with van der Waals surface area (Å²) in [6.45, 7) is 0. The SMILES string of the molecule is Cn1cc(-c2ncc(C(=O)O)c(=O)[nH]2)cn1. The van der Waals surface area contributed by atoms with Crippen LogP contribution in [0.25, 0.3) is 11.4 Å². The second-order valence-corrected chi connectivity index (χ2v) is 3.18. The fraction of sp³-hybridized carbons (Fsp3) is 0.111. The van der Waals surface area contributed by atoms with Gasteiger partial charge >= 0.3 is 5.97 Å². The summed E-state index contributed by atoms with van der Waals surface area (Å²) >= 11 is 0. The van der Waals surface area contributed by atoms with Crippen LogP contribution in [0.1, 0.15) is 10.4 Å². The van der Waals surface area contributed by atoms with Crippen molar-refractivity contribution in [2.75, 3.05) is 0 Å². The van der Waals surface area contributed by atoms with Crippen LogP contribution in [0.4, 0.5) is 0 Å². The number of carbonyl (C=O) groups is 1. The van der Waals surface area contributed by atoms with E-state index in [2.05, 4.69) is 15.1 Å². The molecule has 0 spiro atoms. The summed E-state index contributed by atoms with van der Waals surface area (Å²) in [7, 11) is 1.73. The quantitative estimate of drug-likeness (QED) is 0.734. The number of H-pyrrole nitrogens is 1. The molecule has 0 radical (unpaired) electrons. The first-order valence-electron chi connectivity index (χ1n) is 4.39. The zero-order valence-corrected chi connectivity index (χ0v) is 8.34. The van der Waals surface area contributed by atoms with Gasteiger partial charge in [-0.3, -0.25) is 9.48 Å². The number of carboxylic acid groups (broad SMARTS) is 1. The third kappa shape index (κ3) is 1.70. The molecular formula is C9H8N4O3. The summed E-state index contributed by atoms with van der Waals surface area (Å²) in [5.41, 5.74) is -0.439. The zero-order valence-electron chi connectivity index (χ0n) is 8.34. The van der Waals surface area contributed by atoms with E-state index < -0.39 is 11.5 Å². The van der Waals surface area contributed by atoms with Crippen LogP contribution in [-0.2, 0) is 7.05 Å². The third-order valence-electron chi connectivity index (χ3n) is 2.01. The van der Waals surface area contributed by atoms with Crippen molar-refractivity contribution in [3.63, 3.8) is 0 Å². The van der Waals surface area contributed by atoms with Gasteiger partial charge in [0.15, 0.2) is 0 Å². The molecule has 82 valence electrons. The predicted octanol–water partition coefficient (Wildman–Crippen LogP) is -0.131. The summed E-state index contributed by atoms with van der Waals surface area (Å²) < 4.78 is 1.56. The van der Waals surface area contributed by atoms with Crippen molar-refractivity contribution >= 4 is 5.97 Å². The first kappa shape index (κ1) is 10.1. The second-order valence-electron chi connectivity index (χ2n) is 3.18. The molecule has 0 saturated carbocycles. The van der Waals surface area contributed by atoms with Crippen LogP contribution >= 0.6 is 0 Å². The maximum absolute atomic E-state index is 11.4. The Hall–Kier alpha value is -2.44. The van der Waals surface area contributed by atoms with Gasteiger partial charge in [0.1, 0.15) is 11.4 Å². The van der Waals surface area contributed by atoms with Crippen LogP contribution in [0.2, 0.25) is 0 Å². The minimum atomic E-state index is -1.30. The molecule has 0 saturated heterocycles. The molecule has 7 nitrogen and oxygen atoms in total. The molecule has 2 rings (SSSR count). The maximum atomic E-state index is 11.4. The zero-order chi connectivity index (χ0) is 11.7. The molecule has 16 heavy (non-hydrogen) atoms. The van der Waals surface area contributed by atoms with Gasteiger partial charge in [0.2, 0.25) is 0 Å². The topological polar surface area (TPSA) is 101 Å². The third-order valence-corrected chi connectivity index (χ3v) is 2.01. The van der Waals surface area contributed by atoms with Gasteiger partial charge in [-0.2, -0.15) is 5.10 Å². The molecule has 0 atom stereocenters. The van der Waals surface area contributed by atoms with Crippen LogP contribution in [0.15, 0.2) is 23.4 Å². The Bertz CT molecular complexity index is 599. The van der Waals surface area contributed by atoms with E-state index >= 15 is 0 Å². The van der Waals surface area contributed by atoms with Gasteiger partial charge in [-0.25, -0.2) is 9.78 Å². The Labute approximate surface area is 89.4 Å². The van der Waals surface area contributed by atoms with Crippen molar-refractivity contribution in [1.29, 1.82) is 0 Å². The van der Waals surface area contributed by atoms with Crippen molar-refractivity contribution < 1.29 is 9.90 Å².